The van der Waals surface area contributed by atoms with E-state index in [0.29, 0.717) is 6.54 Å². The molecule has 0 unspecified atom stereocenters. The van der Waals surface area contributed by atoms with Crippen LogP contribution in [-0.2, 0) is 19.1 Å². The van der Waals surface area contributed by atoms with E-state index in [0.717, 1.165) is 28.7 Å². The summed E-state index contributed by atoms with van der Waals surface area (Å²) in [5, 5.41) is 5.38. The molecule has 0 heterocycles. The molecule has 0 aliphatic heterocycles. The summed E-state index contributed by atoms with van der Waals surface area (Å²) in [6.07, 6.45) is 0.313. The summed E-state index contributed by atoms with van der Waals surface area (Å²) in [5.41, 5.74) is 3.76. The number of ether oxygens (including phenoxy) is 2. The summed E-state index contributed by atoms with van der Waals surface area (Å²) >= 11 is 0. The van der Waals surface area contributed by atoms with Crippen LogP contribution in [0.15, 0.2) is 48.5 Å². The topological polar surface area (TPSA) is 93.7 Å². The standard InChI is InChI=1S/C27H34N2O5/c1-5-16-28-24(30)15-14-23(25(31)34-27(2,3)4)29-26(32)33-17-22-20-12-8-6-10-18(20)19-11-7-9-13-21(19)22/h6-13,22-23H,5,14-17H2,1-4H3,(H,28,30)(H,29,32)/t23-/m0/s1. The molecule has 0 fully saturated rings. The van der Waals surface area contributed by atoms with Crippen molar-refractivity contribution in [3.05, 3.63) is 59.7 Å². The number of hydrogen-bond acceptors (Lipinski definition) is 5. The van der Waals surface area contributed by atoms with Crippen LogP contribution in [0.3, 0.4) is 0 Å². The Hall–Kier alpha value is -3.35. The lowest BCUT2D eigenvalue weighted by Gasteiger charge is -2.24. The van der Waals surface area contributed by atoms with E-state index in [9.17, 15) is 14.4 Å². The highest BCUT2D eigenvalue weighted by atomic mass is 16.6. The molecule has 2 amide bonds. The minimum Gasteiger partial charge on any atom is -0.458 e. The molecule has 1 aliphatic rings. The fourth-order valence-corrected chi connectivity index (χ4v) is 4.03. The van der Waals surface area contributed by atoms with Gasteiger partial charge in [0.25, 0.3) is 0 Å². The van der Waals surface area contributed by atoms with Gasteiger partial charge in [0.2, 0.25) is 5.91 Å². The number of alkyl carbamates (subject to hydrolysis) is 1. The predicted molar refractivity (Wildman–Crippen MR) is 130 cm³/mol. The summed E-state index contributed by atoms with van der Waals surface area (Å²) in [6.45, 7) is 7.92. The maximum absolute atomic E-state index is 12.7. The van der Waals surface area contributed by atoms with Gasteiger partial charge in [0.15, 0.2) is 0 Å². The number of amides is 2. The van der Waals surface area contributed by atoms with Crippen molar-refractivity contribution in [1.82, 2.24) is 10.6 Å². The van der Waals surface area contributed by atoms with Gasteiger partial charge in [-0.15, -0.1) is 0 Å². The Labute approximate surface area is 201 Å². The quantitative estimate of drug-likeness (QED) is 0.529. The average Bonchev–Trinajstić information content (AvgIpc) is 3.11. The Morgan fingerprint density at radius 3 is 2.12 bits per heavy atom. The van der Waals surface area contributed by atoms with Crippen LogP contribution in [0.4, 0.5) is 4.79 Å². The number of nitrogens with one attached hydrogen (secondary N) is 2. The molecule has 2 N–H and O–H groups in total. The third-order valence-corrected chi connectivity index (χ3v) is 5.56. The van der Waals surface area contributed by atoms with E-state index in [4.69, 9.17) is 9.47 Å². The van der Waals surface area contributed by atoms with Crippen LogP contribution < -0.4 is 10.6 Å². The number of benzene rings is 2. The number of hydrogen-bond donors (Lipinski definition) is 2. The molecule has 7 heteroatoms. The molecule has 0 saturated carbocycles. The second-order valence-corrected chi connectivity index (χ2v) is 9.44. The van der Waals surface area contributed by atoms with Crippen molar-refractivity contribution in [2.75, 3.05) is 13.2 Å². The fourth-order valence-electron chi connectivity index (χ4n) is 4.03. The smallest absolute Gasteiger partial charge is 0.407 e. The van der Waals surface area contributed by atoms with E-state index in [2.05, 4.69) is 22.8 Å². The number of fused-ring (bicyclic) bond motifs is 3. The summed E-state index contributed by atoms with van der Waals surface area (Å²) in [7, 11) is 0. The molecule has 0 spiro atoms. The number of esters is 1. The van der Waals surface area contributed by atoms with Gasteiger partial charge in [-0.05, 0) is 55.9 Å². The first-order valence-electron chi connectivity index (χ1n) is 11.8. The first kappa shape index (κ1) is 25.3. The van der Waals surface area contributed by atoms with Crippen LogP contribution in [0.5, 0.6) is 0 Å². The monoisotopic (exact) mass is 466 g/mol. The second-order valence-electron chi connectivity index (χ2n) is 9.44. The molecule has 7 nitrogen and oxygen atoms in total. The van der Waals surface area contributed by atoms with Gasteiger partial charge in [-0.2, -0.15) is 0 Å². The summed E-state index contributed by atoms with van der Waals surface area (Å²) < 4.78 is 11.0. The fraction of sp³-hybridized carbons (Fsp3) is 0.444. The minimum atomic E-state index is -0.984. The van der Waals surface area contributed by atoms with E-state index in [1.54, 1.807) is 20.8 Å². The molecule has 2 aromatic rings. The van der Waals surface area contributed by atoms with Gasteiger partial charge < -0.3 is 20.1 Å². The van der Waals surface area contributed by atoms with Crippen LogP contribution in [0.2, 0.25) is 0 Å². The molecular weight excluding hydrogens is 432 g/mol. The van der Waals surface area contributed by atoms with Crippen molar-refractivity contribution in [2.45, 2.75) is 64.5 Å². The van der Waals surface area contributed by atoms with Gasteiger partial charge in [-0.3, -0.25) is 4.79 Å². The predicted octanol–water partition coefficient (Wildman–Crippen LogP) is 4.54. The van der Waals surface area contributed by atoms with Crippen LogP contribution in [0.1, 0.15) is 64.0 Å². The lowest BCUT2D eigenvalue weighted by atomic mass is 9.98. The molecule has 3 rings (SSSR count). The zero-order valence-corrected chi connectivity index (χ0v) is 20.4. The normalized spacial score (nSPS) is 13.4. The highest BCUT2D eigenvalue weighted by Gasteiger charge is 2.31. The van der Waals surface area contributed by atoms with E-state index < -0.39 is 23.7 Å². The number of rotatable bonds is 9. The van der Waals surface area contributed by atoms with Crippen LogP contribution in [0.25, 0.3) is 11.1 Å². The molecule has 1 aliphatic carbocycles. The minimum absolute atomic E-state index is 0.0852. The highest BCUT2D eigenvalue weighted by Crippen LogP contribution is 2.44. The molecule has 2 aromatic carbocycles. The Balaban J connectivity index is 1.64. The first-order chi connectivity index (χ1) is 16.2. The Kier molecular flexibility index (Phi) is 8.31. The number of carbonyl (C=O) groups excluding carboxylic acids is 3. The Morgan fingerprint density at radius 2 is 1.56 bits per heavy atom. The average molecular weight is 467 g/mol. The summed E-state index contributed by atoms with van der Waals surface area (Å²) in [4.78, 5) is 37.4. The SMILES string of the molecule is CCCNC(=O)CC[C@H](NC(=O)OCC1c2ccccc2-c2ccccc21)C(=O)OC(C)(C)C. The van der Waals surface area contributed by atoms with E-state index in [1.807, 2.05) is 43.3 Å². The molecule has 0 radical (unpaired) electrons. The summed E-state index contributed by atoms with van der Waals surface area (Å²) in [6, 6.07) is 15.2. The lowest BCUT2D eigenvalue weighted by Crippen LogP contribution is -2.45. The maximum Gasteiger partial charge on any atom is 0.407 e. The van der Waals surface area contributed by atoms with Crippen molar-refractivity contribution in [3.63, 3.8) is 0 Å². The zero-order valence-electron chi connectivity index (χ0n) is 20.4. The third-order valence-electron chi connectivity index (χ3n) is 5.56. The van der Waals surface area contributed by atoms with Crippen molar-refractivity contribution in [1.29, 1.82) is 0 Å². The van der Waals surface area contributed by atoms with Gasteiger partial charge in [-0.25, -0.2) is 9.59 Å². The molecule has 0 aromatic heterocycles. The molecule has 182 valence electrons. The van der Waals surface area contributed by atoms with E-state index in [-0.39, 0.29) is 31.3 Å². The maximum atomic E-state index is 12.7. The number of carbonyl (C=O) groups is 3. The summed E-state index contributed by atoms with van der Waals surface area (Å²) in [5.74, 6) is -0.855. The van der Waals surface area contributed by atoms with E-state index >= 15 is 0 Å². The molecule has 0 saturated heterocycles. The van der Waals surface area contributed by atoms with Gasteiger partial charge in [-0.1, -0.05) is 55.5 Å². The van der Waals surface area contributed by atoms with Crippen molar-refractivity contribution >= 4 is 18.0 Å². The molecule has 0 bridgehead atoms. The first-order valence-corrected chi connectivity index (χ1v) is 11.8. The van der Waals surface area contributed by atoms with Gasteiger partial charge >= 0.3 is 12.1 Å². The van der Waals surface area contributed by atoms with Gasteiger partial charge in [0.05, 0.1) is 0 Å². The largest absolute Gasteiger partial charge is 0.458 e. The third kappa shape index (κ3) is 6.59. The van der Waals surface area contributed by atoms with Crippen LogP contribution in [0, 0.1) is 0 Å². The van der Waals surface area contributed by atoms with E-state index in [1.165, 1.54) is 0 Å². The van der Waals surface area contributed by atoms with Gasteiger partial charge in [0.1, 0.15) is 18.2 Å². The van der Waals surface area contributed by atoms with Crippen molar-refractivity contribution in [3.8, 4) is 11.1 Å². The Bertz CT molecular complexity index is 982. The van der Waals surface area contributed by atoms with Crippen molar-refractivity contribution < 1.29 is 23.9 Å². The highest BCUT2D eigenvalue weighted by molar-refractivity contribution is 5.83. The van der Waals surface area contributed by atoms with Crippen LogP contribution in [-0.4, -0.2) is 42.8 Å². The van der Waals surface area contributed by atoms with Crippen LogP contribution >= 0.6 is 0 Å². The lowest BCUT2D eigenvalue weighted by molar-refractivity contribution is -0.157. The Morgan fingerprint density at radius 1 is 0.971 bits per heavy atom. The second kappa shape index (κ2) is 11.2. The molecular formula is C27H34N2O5. The molecule has 34 heavy (non-hydrogen) atoms. The zero-order chi connectivity index (χ0) is 24.7. The molecule has 1 atom stereocenters. The van der Waals surface area contributed by atoms with Gasteiger partial charge in [0, 0.05) is 18.9 Å². The van der Waals surface area contributed by atoms with Crippen molar-refractivity contribution in [2.24, 2.45) is 0 Å².